The SMILES string of the molecule is CC(=O)C[C-]=O.CC(=O)C[C-]=O.CC(C[C-]=O)=NCN.NCN.O.[CH3-].[CH3-].[Y].[Y].[Y]. The molecule has 167 valence electrons. The van der Waals surface area contributed by atoms with Gasteiger partial charge in [-0.1, -0.05) is 12.8 Å². The second-order valence-electron chi connectivity index (χ2n) is 3.68. The Morgan fingerprint density at radius 2 is 0.966 bits per heavy atom. The third-order valence-electron chi connectivity index (χ3n) is 1.33. The van der Waals surface area contributed by atoms with Gasteiger partial charge < -0.3 is 61.5 Å². The molecule has 0 spiro atoms. The van der Waals surface area contributed by atoms with E-state index in [0.717, 1.165) is 5.71 Å². The number of hydrogen-bond acceptors (Lipinski definition) is 9. The molecule has 29 heavy (non-hydrogen) atoms. The normalized spacial score (nSPS) is 6.90. The van der Waals surface area contributed by atoms with Crippen LogP contribution in [0, 0.1) is 14.9 Å². The summed E-state index contributed by atoms with van der Waals surface area (Å²) in [5.41, 5.74) is 15.0. The van der Waals surface area contributed by atoms with Gasteiger partial charge in [0.1, 0.15) is 11.6 Å². The fraction of sp³-hybridized carbons (Fsp3) is 0.500. The molecule has 0 atom stereocenters. The van der Waals surface area contributed by atoms with Crippen molar-refractivity contribution < 1.29 is 128 Å². The Bertz CT molecular complexity index is 355. The van der Waals surface area contributed by atoms with Crippen molar-refractivity contribution in [2.45, 2.75) is 40.0 Å². The van der Waals surface area contributed by atoms with Crippen molar-refractivity contribution in [3.05, 3.63) is 14.9 Å². The van der Waals surface area contributed by atoms with Crippen molar-refractivity contribution in [2.75, 3.05) is 13.3 Å². The average molecular weight is 644 g/mol. The molecule has 0 heterocycles. The Hall–Kier alpha value is 1.17. The first-order valence-electron chi connectivity index (χ1n) is 6.41. The largest absolute Gasteiger partial charge is 0.541 e. The number of carbonyl (C=O) groups excluding carboxylic acids is 5. The molecule has 0 aliphatic carbocycles. The molecule has 0 fully saturated rings. The number of ketones is 2. The van der Waals surface area contributed by atoms with Crippen LogP contribution in [-0.2, 0) is 122 Å². The molecule has 0 aromatic heterocycles. The molecule has 0 saturated heterocycles. The summed E-state index contributed by atoms with van der Waals surface area (Å²) < 4.78 is 0. The summed E-state index contributed by atoms with van der Waals surface area (Å²) in [6.07, 6.45) is 4.79. The van der Waals surface area contributed by atoms with E-state index in [1.165, 1.54) is 26.4 Å². The second-order valence-corrected chi connectivity index (χ2v) is 3.68. The van der Waals surface area contributed by atoms with Gasteiger partial charge in [-0.2, -0.15) is 0 Å². The number of carbonyl (C=O) groups is 2. The minimum Gasteiger partial charge on any atom is -0.541 e. The van der Waals surface area contributed by atoms with Crippen molar-refractivity contribution >= 4 is 36.1 Å². The molecule has 0 aromatic rings. The number of rotatable bonds is 7. The van der Waals surface area contributed by atoms with Gasteiger partial charge in [-0.15, -0.1) is 6.42 Å². The molecule has 0 bridgehead atoms. The van der Waals surface area contributed by atoms with Gasteiger partial charge in [-0.25, -0.2) is 0 Å². The van der Waals surface area contributed by atoms with Crippen LogP contribution in [0.2, 0.25) is 0 Å². The number of nitrogens with zero attached hydrogens (tertiary/aromatic N) is 1. The fourth-order valence-corrected chi connectivity index (χ4v) is 0.519. The fourth-order valence-electron chi connectivity index (χ4n) is 0.519. The van der Waals surface area contributed by atoms with E-state index < -0.39 is 0 Å². The van der Waals surface area contributed by atoms with E-state index in [1.807, 2.05) is 0 Å². The van der Waals surface area contributed by atoms with Crippen molar-refractivity contribution in [3.63, 3.8) is 0 Å². The number of nitrogens with two attached hydrogens (primary N) is 3. The van der Waals surface area contributed by atoms with Crippen LogP contribution in [0.15, 0.2) is 4.99 Å². The van der Waals surface area contributed by atoms with Crippen LogP contribution in [0.5, 0.6) is 0 Å². The Morgan fingerprint density at radius 1 is 0.724 bits per heavy atom. The minimum atomic E-state index is -0.134. The smallest absolute Gasteiger partial charge is 0.103 e. The van der Waals surface area contributed by atoms with Crippen LogP contribution in [0.4, 0.5) is 0 Å². The predicted octanol–water partition coefficient (Wildman–Crippen LogP) is -1.06. The van der Waals surface area contributed by atoms with Crippen LogP contribution in [0.3, 0.4) is 0 Å². The van der Waals surface area contributed by atoms with Crippen LogP contribution < -0.4 is 17.2 Å². The number of Topliss-reactive ketones (excluding diaryl/α,β-unsaturated/α-hetero) is 2. The van der Waals surface area contributed by atoms with Crippen molar-refractivity contribution in [1.82, 2.24) is 0 Å². The van der Waals surface area contributed by atoms with Gasteiger partial charge in [0, 0.05) is 105 Å². The summed E-state index contributed by atoms with van der Waals surface area (Å²) in [6.45, 7) is 4.96. The molecule has 3 radical (unpaired) electrons. The number of aliphatic imine (C=N–C) groups is 1. The van der Waals surface area contributed by atoms with Crippen LogP contribution in [-0.4, -0.2) is 55.0 Å². The minimum absolute atomic E-state index is 0. The molecule has 0 unspecified atom stereocenters. The van der Waals surface area contributed by atoms with Gasteiger partial charge in [0.05, 0.1) is 6.67 Å². The second kappa shape index (κ2) is 63.0. The summed E-state index contributed by atoms with van der Waals surface area (Å²) in [6, 6.07) is 0. The molecule has 10 nitrogen and oxygen atoms in total. The van der Waals surface area contributed by atoms with Gasteiger partial charge in [0.25, 0.3) is 0 Å². The van der Waals surface area contributed by atoms with Crippen LogP contribution in [0.1, 0.15) is 40.0 Å². The van der Waals surface area contributed by atoms with Crippen molar-refractivity contribution in [1.29, 1.82) is 0 Å². The van der Waals surface area contributed by atoms with E-state index >= 15 is 0 Å². The molecule has 0 aromatic carbocycles. The zero-order valence-electron chi connectivity index (χ0n) is 18.0. The quantitative estimate of drug-likeness (QED) is 0.135. The first kappa shape index (κ1) is 63.1. The Kier molecular flexibility index (Phi) is 137. The Labute approximate surface area is 251 Å². The van der Waals surface area contributed by atoms with Gasteiger partial charge in [0.15, 0.2) is 0 Å². The maximum Gasteiger partial charge on any atom is 0.103 e. The van der Waals surface area contributed by atoms with Gasteiger partial charge in [0.2, 0.25) is 0 Å². The zero-order valence-corrected chi connectivity index (χ0v) is 26.5. The predicted molar refractivity (Wildman–Crippen MR) is 104 cm³/mol. The first-order chi connectivity index (χ1) is 10.8. The monoisotopic (exact) mass is 644 g/mol. The molecule has 0 aliphatic rings. The molecule has 0 saturated carbocycles. The summed E-state index contributed by atoms with van der Waals surface area (Å²) >= 11 is 0. The van der Waals surface area contributed by atoms with Gasteiger partial charge >= 0.3 is 0 Å². The standard InChI is InChI=1S/C5H9N2O.2C4H5O2.CH6N2.2CH3.H2O.3Y/c1-5(2-3-8)7-4-6;2*1-4(6)2-3-5;2-1-3;;;;;;/h2,4,6H2,1H3;2*2H2,1H3;1-3H2;2*1H3;1H2;;;/q3*-1;;2*-1;;;;. The summed E-state index contributed by atoms with van der Waals surface area (Å²) in [7, 11) is 0. The molecular formula is C16H33N4O6Y3-5. The molecule has 13 heteroatoms. The third kappa shape index (κ3) is 124. The molecule has 8 N–H and O–H groups in total. The number of hydrogen-bond donors (Lipinski definition) is 3. The van der Waals surface area contributed by atoms with Gasteiger partial charge in [-0.05, 0) is 26.5 Å². The first-order valence-corrected chi connectivity index (χ1v) is 6.41. The topological polar surface area (TPSA) is 207 Å². The van der Waals surface area contributed by atoms with Crippen molar-refractivity contribution in [3.8, 4) is 0 Å². The average Bonchev–Trinajstić information content (AvgIpc) is 2.41. The maximum absolute atomic E-state index is 9.78. The van der Waals surface area contributed by atoms with E-state index in [0.29, 0.717) is 0 Å². The van der Waals surface area contributed by atoms with E-state index in [-0.39, 0.29) is 163 Å². The van der Waals surface area contributed by atoms with E-state index in [9.17, 15) is 24.0 Å². The van der Waals surface area contributed by atoms with Crippen molar-refractivity contribution in [2.24, 2.45) is 22.2 Å². The summed E-state index contributed by atoms with van der Waals surface area (Å²) in [5.74, 6) is -0.269. The van der Waals surface area contributed by atoms with E-state index in [2.05, 4.69) is 16.5 Å². The molecular weight excluding hydrogens is 611 g/mol. The third-order valence-corrected chi connectivity index (χ3v) is 1.33. The van der Waals surface area contributed by atoms with Crippen LogP contribution in [0.25, 0.3) is 0 Å². The van der Waals surface area contributed by atoms with Gasteiger partial charge in [-0.3, -0.25) is 23.9 Å². The van der Waals surface area contributed by atoms with E-state index in [1.54, 1.807) is 13.2 Å². The summed E-state index contributed by atoms with van der Waals surface area (Å²) in [5, 5.41) is 0. The molecule has 0 amide bonds. The summed E-state index contributed by atoms with van der Waals surface area (Å²) in [4.78, 5) is 51.5. The van der Waals surface area contributed by atoms with E-state index in [4.69, 9.17) is 5.73 Å². The zero-order chi connectivity index (χ0) is 19.1. The molecule has 0 rings (SSSR count). The Morgan fingerprint density at radius 3 is 1.07 bits per heavy atom. The Balaban J connectivity index is -0.0000000201. The maximum atomic E-state index is 9.78. The molecule has 0 aliphatic heterocycles. The van der Waals surface area contributed by atoms with Crippen LogP contribution >= 0.6 is 0 Å².